The Kier molecular flexibility index (Phi) is 10.7. The van der Waals surface area contributed by atoms with E-state index in [1.165, 1.54) is 4.31 Å². The molecule has 0 amide bonds. The van der Waals surface area contributed by atoms with Crippen LogP contribution in [0.5, 0.6) is 5.75 Å². The molecule has 0 bridgehead atoms. The van der Waals surface area contributed by atoms with Crippen molar-refractivity contribution in [2.24, 2.45) is 4.99 Å². The summed E-state index contributed by atoms with van der Waals surface area (Å²) in [5.74, 6) is 1.74. The fourth-order valence-electron chi connectivity index (χ4n) is 2.17. The van der Waals surface area contributed by atoms with Crippen LogP contribution in [0.25, 0.3) is 0 Å². The zero-order valence-corrected chi connectivity index (χ0v) is 16.9. The number of benzene rings is 1. The molecule has 0 aliphatic heterocycles. The summed E-state index contributed by atoms with van der Waals surface area (Å²) in [6, 6.07) is 9.73. The molecule has 0 radical (unpaired) electrons. The van der Waals surface area contributed by atoms with Gasteiger partial charge >= 0.3 is 0 Å². The van der Waals surface area contributed by atoms with Crippen molar-refractivity contribution < 1.29 is 13.2 Å². The van der Waals surface area contributed by atoms with Gasteiger partial charge in [-0.05, 0) is 32.4 Å². The molecule has 0 aliphatic carbocycles. The summed E-state index contributed by atoms with van der Waals surface area (Å²) in [5, 5.41) is 6.42. The third-order valence-corrected chi connectivity index (χ3v) is 5.57. The first-order valence-corrected chi connectivity index (χ1v) is 10.7. The van der Waals surface area contributed by atoms with Gasteiger partial charge in [0.15, 0.2) is 5.96 Å². The maximum atomic E-state index is 11.7. The molecule has 0 aromatic heterocycles. The SMILES string of the molecule is CCNC(=NCCCOc1ccccc1)NCCCN(C)S(=O)(=O)CC. The fourth-order valence-corrected chi connectivity index (χ4v) is 3.02. The molecule has 0 aliphatic rings. The van der Waals surface area contributed by atoms with Crippen molar-refractivity contribution in [1.82, 2.24) is 14.9 Å². The second-order valence-electron chi connectivity index (χ2n) is 5.78. The van der Waals surface area contributed by atoms with Gasteiger partial charge < -0.3 is 15.4 Å². The molecule has 0 heterocycles. The van der Waals surface area contributed by atoms with E-state index in [4.69, 9.17) is 4.74 Å². The highest BCUT2D eigenvalue weighted by Crippen LogP contribution is 2.08. The molecule has 1 rings (SSSR count). The predicted octanol–water partition coefficient (Wildman–Crippen LogP) is 1.68. The van der Waals surface area contributed by atoms with Crippen molar-refractivity contribution in [2.75, 3.05) is 45.6 Å². The Morgan fingerprint density at radius 3 is 2.54 bits per heavy atom. The van der Waals surface area contributed by atoms with Crippen LogP contribution in [0.3, 0.4) is 0 Å². The van der Waals surface area contributed by atoms with Crippen molar-refractivity contribution in [3.8, 4) is 5.75 Å². The molecule has 0 atom stereocenters. The molecule has 0 fully saturated rings. The highest BCUT2D eigenvalue weighted by molar-refractivity contribution is 7.89. The quantitative estimate of drug-likeness (QED) is 0.325. The number of guanidine groups is 1. The van der Waals surface area contributed by atoms with Crippen LogP contribution < -0.4 is 15.4 Å². The van der Waals surface area contributed by atoms with Crippen LogP contribution in [0.1, 0.15) is 26.7 Å². The zero-order chi connectivity index (χ0) is 19.3. The number of hydrogen-bond acceptors (Lipinski definition) is 4. The molecule has 26 heavy (non-hydrogen) atoms. The van der Waals surface area contributed by atoms with Gasteiger partial charge in [0, 0.05) is 39.6 Å². The maximum Gasteiger partial charge on any atom is 0.213 e. The van der Waals surface area contributed by atoms with E-state index in [1.807, 2.05) is 37.3 Å². The lowest BCUT2D eigenvalue weighted by atomic mass is 10.3. The van der Waals surface area contributed by atoms with Crippen molar-refractivity contribution in [2.45, 2.75) is 26.7 Å². The number of para-hydroxylation sites is 1. The first-order valence-electron chi connectivity index (χ1n) is 9.13. The number of nitrogens with one attached hydrogen (secondary N) is 2. The van der Waals surface area contributed by atoms with Gasteiger partial charge in [-0.2, -0.15) is 0 Å². The molecule has 148 valence electrons. The third-order valence-electron chi connectivity index (χ3n) is 3.71. The molecular weight excluding hydrogens is 352 g/mol. The molecular formula is C18H32N4O3S. The molecule has 0 unspecified atom stereocenters. The number of nitrogens with zero attached hydrogens (tertiary/aromatic N) is 2. The van der Waals surface area contributed by atoms with Gasteiger partial charge in [0.2, 0.25) is 10.0 Å². The average Bonchev–Trinajstić information content (AvgIpc) is 2.65. The summed E-state index contributed by atoms with van der Waals surface area (Å²) in [6.45, 7) is 6.87. The highest BCUT2D eigenvalue weighted by Gasteiger charge is 2.13. The second kappa shape index (κ2) is 12.5. The Morgan fingerprint density at radius 1 is 1.15 bits per heavy atom. The Balaban J connectivity index is 2.26. The van der Waals surface area contributed by atoms with Crippen molar-refractivity contribution in [3.05, 3.63) is 30.3 Å². The maximum absolute atomic E-state index is 11.7. The van der Waals surface area contributed by atoms with Crippen molar-refractivity contribution in [1.29, 1.82) is 0 Å². The molecule has 0 saturated carbocycles. The minimum absolute atomic E-state index is 0.131. The van der Waals surface area contributed by atoms with Crippen LogP contribution >= 0.6 is 0 Å². The van der Waals surface area contributed by atoms with E-state index in [0.717, 1.165) is 31.1 Å². The summed E-state index contributed by atoms with van der Waals surface area (Å²) in [7, 11) is -1.49. The van der Waals surface area contributed by atoms with Gasteiger partial charge in [0.25, 0.3) is 0 Å². The van der Waals surface area contributed by atoms with E-state index in [2.05, 4.69) is 15.6 Å². The molecule has 0 spiro atoms. The van der Waals surface area contributed by atoms with Gasteiger partial charge in [-0.15, -0.1) is 0 Å². The Morgan fingerprint density at radius 2 is 1.88 bits per heavy atom. The van der Waals surface area contributed by atoms with E-state index < -0.39 is 10.0 Å². The minimum Gasteiger partial charge on any atom is -0.494 e. The lowest BCUT2D eigenvalue weighted by Gasteiger charge is -2.16. The zero-order valence-electron chi connectivity index (χ0n) is 16.1. The van der Waals surface area contributed by atoms with Gasteiger partial charge in [-0.3, -0.25) is 4.99 Å². The molecule has 1 aromatic rings. The highest BCUT2D eigenvalue weighted by atomic mass is 32.2. The summed E-state index contributed by atoms with van der Waals surface area (Å²) >= 11 is 0. The van der Waals surface area contributed by atoms with E-state index in [1.54, 1.807) is 14.0 Å². The molecule has 1 aromatic carbocycles. The summed E-state index contributed by atoms with van der Waals surface area (Å²) in [6.07, 6.45) is 1.54. The van der Waals surface area contributed by atoms with Gasteiger partial charge in [0.1, 0.15) is 5.75 Å². The van der Waals surface area contributed by atoms with E-state index in [0.29, 0.717) is 26.2 Å². The number of rotatable bonds is 12. The second-order valence-corrected chi connectivity index (χ2v) is 8.14. The molecule has 2 N–H and O–H groups in total. The first kappa shape index (κ1) is 22.2. The van der Waals surface area contributed by atoms with Crippen molar-refractivity contribution >= 4 is 16.0 Å². The summed E-state index contributed by atoms with van der Waals surface area (Å²) < 4.78 is 30.4. The number of hydrogen-bond donors (Lipinski definition) is 2. The predicted molar refractivity (Wildman–Crippen MR) is 107 cm³/mol. The van der Waals surface area contributed by atoms with Crippen LogP contribution in [-0.2, 0) is 10.0 Å². The topological polar surface area (TPSA) is 83.0 Å². The smallest absolute Gasteiger partial charge is 0.213 e. The van der Waals surface area contributed by atoms with Crippen LogP contribution in [0.15, 0.2) is 35.3 Å². The third kappa shape index (κ3) is 9.05. The standard InChI is InChI=1S/C18H32N4O3S/c1-4-19-18(20-13-9-15-22(3)26(23,24)5-2)21-14-10-16-25-17-11-7-6-8-12-17/h6-8,11-12H,4-5,9-10,13-16H2,1-3H3,(H2,19,20,21). The number of aliphatic imine (C=N–C) groups is 1. The van der Waals surface area contributed by atoms with Crippen LogP contribution in [0, 0.1) is 0 Å². The van der Waals surface area contributed by atoms with Crippen molar-refractivity contribution in [3.63, 3.8) is 0 Å². The normalized spacial score (nSPS) is 12.2. The number of ether oxygens (including phenoxy) is 1. The monoisotopic (exact) mass is 384 g/mol. The fraction of sp³-hybridized carbons (Fsp3) is 0.611. The summed E-state index contributed by atoms with van der Waals surface area (Å²) in [4.78, 5) is 4.51. The van der Waals surface area contributed by atoms with Gasteiger partial charge in [0.05, 0.1) is 12.4 Å². The lowest BCUT2D eigenvalue weighted by Crippen LogP contribution is -2.39. The van der Waals surface area contributed by atoms with E-state index >= 15 is 0 Å². The molecule has 0 saturated heterocycles. The lowest BCUT2D eigenvalue weighted by molar-refractivity contribution is 0.313. The van der Waals surface area contributed by atoms with Crippen LogP contribution in [-0.4, -0.2) is 64.3 Å². The largest absolute Gasteiger partial charge is 0.494 e. The van der Waals surface area contributed by atoms with Crippen LogP contribution in [0.4, 0.5) is 0 Å². The van der Waals surface area contributed by atoms with Gasteiger partial charge in [-0.25, -0.2) is 12.7 Å². The van der Waals surface area contributed by atoms with E-state index in [9.17, 15) is 8.42 Å². The number of sulfonamides is 1. The minimum atomic E-state index is -3.11. The molecule has 8 heteroatoms. The Labute approximate surface area is 157 Å². The Bertz CT molecular complexity index is 621. The first-order chi connectivity index (χ1) is 12.5. The average molecular weight is 385 g/mol. The molecule has 7 nitrogen and oxygen atoms in total. The van der Waals surface area contributed by atoms with Gasteiger partial charge in [-0.1, -0.05) is 18.2 Å². The van der Waals surface area contributed by atoms with Crippen LogP contribution in [0.2, 0.25) is 0 Å². The Hall–Kier alpha value is -1.80. The van der Waals surface area contributed by atoms with E-state index in [-0.39, 0.29) is 5.75 Å². The summed E-state index contributed by atoms with van der Waals surface area (Å²) in [5.41, 5.74) is 0.